The monoisotopic (exact) mass is 475 g/mol. The standard InChI is InChI=1S/C22H29N5O3S2/c1-15-20(21(28)25-32(4,29)30)24-22(31-15)27(19-11-5-16(13-23)6-12-19)14-17-7-9-18(10-8-17)26(2)3/h5-6,11-12,17-18H,7-10,14H2,1-4H3,(H,25,28). The third kappa shape index (κ3) is 6.06. The maximum absolute atomic E-state index is 12.4. The molecule has 0 atom stereocenters. The fraction of sp³-hybridized carbons (Fsp3) is 0.500. The SMILES string of the molecule is Cc1sc(N(CC2CCC(N(C)C)CC2)c2ccc(C#N)cc2)nc1C(=O)NS(C)(=O)=O. The number of nitrogens with zero attached hydrogens (tertiary/aromatic N) is 4. The Hall–Kier alpha value is -2.48. The number of benzene rings is 1. The lowest BCUT2D eigenvalue weighted by atomic mass is 9.85. The van der Waals surface area contributed by atoms with E-state index in [9.17, 15) is 13.2 Å². The van der Waals surface area contributed by atoms with Gasteiger partial charge in [-0.1, -0.05) is 0 Å². The van der Waals surface area contributed by atoms with Crippen LogP contribution in [-0.2, 0) is 10.0 Å². The molecule has 1 heterocycles. The van der Waals surface area contributed by atoms with Gasteiger partial charge in [-0.2, -0.15) is 5.26 Å². The molecule has 8 nitrogen and oxygen atoms in total. The molecule has 0 spiro atoms. The van der Waals surface area contributed by atoms with Crippen LogP contribution in [0.5, 0.6) is 0 Å². The predicted molar refractivity (Wildman–Crippen MR) is 127 cm³/mol. The zero-order chi connectivity index (χ0) is 23.5. The maximum Gasteiger partial charge on any atom is 0.284 e. The van der Waals surface area contributed by atoms with Crippen LogP contribution < -0.4 is 9.62 Å². The van der Waals surface area contributed by atoms with Crippen molar-refractivity contribution in [2.45, 2.75) is 38.6 Å². The lowest BCUT2D eigenvalue weighted by Gasteiger charge is -2.35. The molecular weight excluding hydrogens is 446 g/mol. The second-order valence-corrected chi connectivity index (χ2v) is 11.4. The highest BCUT2D eigenvalue weighted by atomic mass is 32.2. The van der Waals surface area contributed by atoms with Crippen molar-refractivity contribution in [2.75, 3.05) is 31.8 Å². The first kappa shape index (κ1) is 24.2. The van der Waals surface area contributed by atoms with E-state index in [-0.39, 0.29) is 5.69 Å². The first-order valence-electron chi connectivity index (χ1n) is 10.5. The van der Waals surface area contributed by atoms with E-state index < -0.39 is 15.9 Å². The van der Waals surface area contributed by atoms with Crippen molar-refractivity contribution in [3.05, 3.63) is 40.4 Å². The van der Waals surface area contributed by atoms with E-state index in [0.717, 1.165) is 44.2 Å². The minimum absolute atomic E-state index is 0.116. The molecule has 1 saturated carbocycles. The number of nitrogens with one attached hydrogen (secondary N) is 1. The summed E-state index contributed by atoms with van der Waals surface area (Å²) in [5.41, 5.74) is 1.58. The number of thiazole rings is 1. The molecule has 3 rings (SSSR count). The van der Waals surface area contributed by atoms with Gasteiger partial charge >= 0.3 is 0 Å². The first-order valence-corrected chi connectivity index (χ1v) is 13.2. The molecule has 0 unspecified atom stereocenters. The van der Waals surface area contributed by atoms with E-state index in [4.69, 9.17) is 5.26 Å². The second-order valence-electron chi connectivity index (χ2n) is 8.51. The number of hydrogen-bond donors (Lipinski definition) is 1. The smallest absolute Gasteiger partial charge is 0.284 e. The number of rotatable bonds is 7. The summed E-state index contributed by atoms with van der Waals surface area (Å²) in [5, 5.41) is 9.78. The van der Waals surface area contributed by atoms with Crippen LogP contribution >= 0.6 is 11.3 Å². The van der Waals surface area contributed by atoms with Crippen molar-refractivity contribution < 1.29 is 13.2 Å². The molecule has 0 radical (unpaired) electrons. The van der Waals surface area contributed by atoms with Gasteiger partial charge in [-0.05, 0) is 76.9 Å². The quantitative estimate of drug-likeness (QED) is 0.655. The van der Waals surface area contributed by atoms with Crippen LogP contribution in [0, 0.1) is 24.2 Å². The fourth-order valence-electron chi connectivity index (χ4n) is 4.04. The summed E-state index contributed by atoms with van der Waals surface area (Å²) in [4.78, 5) is 22.0. The van der Waals surface area contributed by atoms with Crippen LogP contribution in [0.1, 0.15) is 46.6 Å². The number of aromatic nitrogens is 1. The molecule has 172 valence electrons. The summed E-state index contributed by atoms with van der Waals surface area (Å²) in [6, 6.07) is 10.0. The number of nitriles is 1. The molecule has 32 heavy (non-hydrogen) atoms. The summed E-state index contributed by atoms with van der Waals surface area (Å²) in [6.45, 7) is 2.50. The van der Waals surface area contributed by atoms with Gasteiger partial charge in [-0.3, -0.25) is 4.79 Å². The zero-order valence-electron chi connectivity index (χ0n) is 18.8. The van der Waals surface area contributed by atoms with Gasteiger partial charge in [0.2, 0.25) is 10.0 Å². The minimum Gasteiger partial charge on any atom is -0.318 e. The number of anilines is 2. The third-order valence-electron chi connectivity index (χ3n) is 5.80. The largest absolute Gasteiger partial charge is 0.318 e. The van der Waals surface area contributed by atoms with Crippen LogP contribution in [0.15, 0.2) is 24.3 Å². The van der Waals surface area contributed by atoms with Crippen molar-refractivity contribution >= 4 is 38.1 Å². The predicted octanol–water partition coefficient (Wildman–Crippen LogP) is 3.27. The molecule has 10 heteroatoms. The Morgan fingerprint density at radius 3 is 2.38 bits per heavy atom. The Morgan fingerprint density at radius 2 is 1.84 bits per heavy atom. The molecule has 1 aliphatic carbocycles. The number of hydrogen-bond acceptors (Lipinski definition) is 8. The zero-order valence-corrected chi connectivity index (χ0v) is 20.5. The highest BCUT2D eigenvalue weighted by molar-refractivity contribution is 7.89. The normalized spacial score (nSPS) is 18.9. The van der Waals surface area contributed by atoms with Crippen LogP contribution in [0.2, 0.25) is 0 Å². The topological polar surface area (TPSA) is 106 Å². The lowest BCUT2D eigenvalue weighted by molar-refractivity contribution is 0.0977. The Labute approximate surface area is 193 Å². The van der Waals surface area contributed by atoms with Gasteiger partial charge in [0.1, 0.15) is 5.69 Å². The molecule has 2 aromatic rings. The van der Waals surface area contributed by atoms with Crippen molar-refractivity contribution in [1.82, 2.24) is 14.6 Å². The number of sulfonamides is 1. The first-order chi connectivity index (χ1) is 15.1. The summed E-state index contributed by atoms with van der Waals surface area (Å²) in [6.07, 6.45) is 5.42. The summed E-state index contributed by atoms with van der Waals surface area (Å²) in [7, 11) is 0.564. The molecule has 0 aliphatic heterocycles. The Balaban J connectivity index is 1.88. The maximum atomic E-state index is 12.4. The number of carbonyl (C=O) groups is 1. The molecule has 0 saturated heterocycles. The molecule has 1 N–H and O–H groups in total. The minimum atomic E-state index is -3.68. The molecule has 1 aromatic heterocycles. The summed E-state index contributed by atoms with van der Waals surface area (Å²) in [5.74, 6) is -0.252. The molecule has 1 aliphatic rings. The van der Waals surface area contributed by atoms with Gasteiger partial charge < -0.3 is 9.80 Å². The Morgan fingerprint density at radius 1 is 1.22 bits per heavy atom. The van der Waals surface area contributed by atoms with E-state index in [1.54, 1.807) is 19.1 Å². The summed E-state index contributed by atoms with van der Waals surface area (Å²) < 4.78 is 25.0. The van der Waals surface area contributed by atoms with Crippen LogP contribution in [0.3, 0.4) is 0 Å². The van der Waals surface area contributed by atoms with E-state index in [0.29, 0.717) is 27.5 Å². The lowest BCUT2D eigenvalue weighted by Crippen LogP contribution is -2.35. The van der Waals surface area contributed by atoms with Gasteiger partial charge in [0.05, 0.1) is 17.9 Å². The molecule has 1 amide bonds. The molecule has 1 aromatic carbocycles. The van der Waals surface area contributed by atoms with Gasteiger partial charge in [0, 0.05) is 23.2 Å². The van der Waals surface area contributed by atoms with Crippen molar-refractivity contribution in [1.29, 1.82) is 5.26 Å². The van der Waals surface area contributed by atoms with E-state index >= 15 is 0 Å². The van der Waals surface area contributed by atoms with Crippen molar-refractivity contribution in [2.24, 2.45) is 5.92 Å². The van der Waals surface area contributed by atoms with Crippen molar-refractivity contribution in [3.63, 3.8) is 0 Å². The Kier molecular flexibility index (Phi) is 7.54. The van der Waals surface area contributed by atoms with Gasteiger partial charge in [0.15, 0.2) is 5.13 Å². The highest BCUT2D eigenvalue weighted by Gasteiger charge is 2.27. The Bertz CT molecular complexity index is 1100. The van der Waals surface area contributed by atoms with E-state index in [1.165, 1.54) is 11.3 Å². The molecule has 1 fully saturated rings. The molecule has 0 bridgehead atoms. The average Bonchev–Trinajstić information content (AvgIpc) is 3.13. The van der Waals surface area contributed by atoms with Crippen LogP contribution in [-0.4, -0.2) is 57.1 Å². The van der Waals surface area contributed by atoms with E-state index in [2.05, 4.69) is 34.9 Å². The highest BCUT2D eigenvalue weighted by Crippen LogP contribution is 2.35. The van der Waals surface area contributed by atoms with Crippen LogP contribution in [0.25, 0.3) is 0 Å². The van der Waals surface area contributed by atoms with Crippen molar-refractivity contribution in [3.8, 4) is 6.07 Å². The summed E-state index contributed by atoms with van der Waals surface area (Å²) >= 11 is 1.36. The van der Waals surface area contributed by atoms with Gasteiger partial charge in [0.25, 0.3) is 5.91 Å². The third-order valence-corrected chi connectivity index (χ3v) is 7.35. The fourth-order valence-corrected chi connectivity index (χ4v) is 5.41. The van der Waals surface area contributed by atoms with Gasteiger partial charge in [-0.25, -0.2) is 18.1 Å². The number of carbonyl (C=O) groups excluding carboxylic acids is 1. The van der Waals surface area contributed by atoms with Crippen LogP contribution in [0.4, 0.5) is 10.8 Å². The number of aryl methyl sites for hydroxylation is 1. The van der Waals surface area contributed by atoms with E-state index in [1.807, 2.05) is 16.9 Å². The second kappa shape index (κ2) is 9.98. The van der Waals surface area contributed by atoms with Gasteiger partial charge in [-0.15, -0.1) is 11.3 Å². The number of amides is 1. The molecular formula is C22H29N5O3S2. The average molecular weight is 476 g/mol.